The monoisotopic (exact) mass is 236 g/mol. The largest absolute Gasteiger partial charge is 0.339 e. The second-order valence-corrected chi connectivity index (χ2v) is 4.28. The summed E-state index contributed by atoms with van der Waals surface area (Å²) in [6, 6.07) is 0. The number of nitrogens with one attached hydrogen (secondary N) is 1. The number of aryl methyl sites for hydroxylation is 1. The number of imidazole rings is 1. The van der Waals surface area contributed by atoms with Crippen molar-refractivity contribution >= 4 is 23.8 Å². The Kier molecular flexibility index (Phi) is 4.16. The van der Waals surface area contributed by atoms with Gasteiger partial charge in [-0.1, -0.05) is 12.8 Å². The van der Waals surface area contributed by atoms with Crippen molar-refractivity contribution < 1.29 is 0 Å². The van der Waals surface area contributed by atoms with E-state index in [1.54, 1.807) is 6.20 Å². The molecule has 2 aromatic heterocycles. The Balaban J connectivity index is 1.85. The lowest BCUT2D eigenvalue weighted by molar-refractivity contribution is 0.659. The van der Waals surface area contributed by atoms with E-state index in [9.17, 15) is 0 Å². The molecule has 0 unspecified atom stereocenters. The predicted octanol–water partition coefficient (Wildman–Crippen LogP) is 2.39. The lowest BCUT2D eigenvalue weighted by Gasteiger charge is -1.97. The van der Waals surface area contributed by atoms with Gasteiger partial charge in [0.15, 0.2) is 5.65 Å². The highest BCUT2D eigenvalue weighted by Gasteiger charge is 2.02. The number of hydrogen-bond donors (Lipinski definition) is 2. The van der Waals surface area contributed by atoms with Crippen LogP contribution in [0, 0.1) is 0 Å². The topological polar surface area (TPSA) is 54.5 Å². The van der Waals surface area contributed by atoms with Crippen molar-refractivity contribution in [3.8, 4) is 0 Å². The molecule has 16 heavy (non-hydrogen) atoms. The highest BCUT2D eigenvalue weighted by atomic mass is 32.1. The van der Waals surface area contributed by atoms with E-state index in [0.717, 1.165) is 29.2 Å². The molecular formula is C11H16N4S. The highest BCUT2D eigenvalue weighted by Crippen LogP contribution is 2.09. The van der Waals surface area contributed by atoms with Gasteiger partial charge in [0.2, 0.25) is 0 Å². The Hall–Kier alpha value is -1.10. The van der Waals surface area contributed by atoms with Crippen LogP contribution in [-0.2, 0) is 6.42 Å². The molecule has 0 amide bonds. The van der Waals surface area contributed by atoms with Gasteiger partial charge < -0.3 is 4.98 Å². The Labute approximate surface area is 100 Å². The van der Waals surface area contributed by atoms with E-state index in [4.69, 9.17) is 0 Å². The van der Waals surface area contributed by atoms with Crippen molar-refractivity contribution in [2.75, 3.05) is 5.75 Å². The van der Waals surface area contributed by atoms with Crippen LogP contribution in [0.25, 0.3) is 11.2 Å². The Morgan fingerprint density at radius 2 is 2.06 bits per heavy atom. The van der Waals surface area contributed by atoms with E-state index in [1.807, 2.05) is 0 Å². The van der Waals surface area contributed by atoms with E-state index in [0.29, 0.717) is 0 Å². The Bertz CT molecular complexity index is 407. The molecule has 86 valence electrons. The molecule has 0 aromatic carbocycles. The Morgan fingerprint density at radius 3 is 2.88 bits per heavy atom. The van der Waals surface area contributed by atoms with Gasteiger partial charge in [0.05, 0.1) is 6.20 Å². The van der Waals surface area contributed by atoms with E-state index in [-0.39, 0.29) is 0 Å². The molecule has 0 saturated carbocycles. The maximum atomic E-state index is 4.41. The summed E-state index contributed by atoms with van der Waals surface area (Å²) in [6.07, 6.45) is 9.14. The molecule has 2 rings (SSSR count). The molecule has 0 bridgehead atoms. The van der Waals surface area contributed by atoms with Gasteiger partial charge >= 0.3 is 0 Å². The average molecular weight is 236 g/mol. The number of fused-ring (bicyclic) bond motifs is 1. The number of thiol groups is 1. The first kappa shape index (κ1) is 11.4. The van der Waals surface area contributed by atoms with Crippen molar-refractivity contribution in [3.05, 3.63) is 18.3 Å². The number of rotatable bonds is 6. The first-order valence-electron chi connectivity index (χ1n) is 5.65. The molecular weight excluding hydrogens is 220 g/mol. The number of aromatic amines is 1. The molecule has 0 radical (unpaired) electrons. The quantitative estimate of drug-likeness (QED) is 0.598. The average Bonchev–Trinajstić information content (AvgIpc) is 2.71. The summed E-state index contributed by atoms with van der Waals surface area (Å²) in [5.41, 5.74) is 1.69. The molecule has 0 saturated heterocycles. The summed E-state index contributed by atoms with van der Waals surface area (Å²) in [5.74, 6) is 2.00. The van der Waals surface area contributed by atoms with E-state index in [2.05, 4.69) is 32.6 Å². The van der Waals surface area contributed by atoms with Crippen molar-refractivity contribution in [1.82, 2.24) is 19.9 Å². The van der Waals surface area contributed by atoms with Gasteiger partial charge in [-0.15, -0.1) is 0 Å². The highest BCUT2D eigenvalue weighted by molar-refractivity contribution is 7.80. The summed E-state index contributed by atoms with van der Waals surface area (Å²) < 4.78 is 0. The van der Waals surface area contributed by atoms with E-state index >= 15 is 0 Å². The SMILES string of the molecule is SCCCCCCc1nc2ncncc2[nH]1. The van der Waals surface area contributed by atoms with E-state index < -0.39 is 0 Å². The molecule has 4 nitrogen and oxygen atoms in total. The van der Waals surface area contributed by atoms with Crippen molar-refractivity contribution in [2.45, 2.75) is 32.1 Å². The first-order valence-corrected chi connectivity index (χ1v) is 6.29. The van der Waals surface area contributed by atoms with Crippen LogP contribution in [0.3, 0.4) is 0 Å². The normalized spacial score (nSPS) is 11.1. The molecule has 2 aromatic rings. The van der Waals surface area contributed by atoms with Crippen LogP contribution in [0.5, 0.6) is 0 Å². The number of unbranched alkanes of at least 4 members (excludes halogenated alkanes) is 3. The van der Waals surface area contributed by atoms with Gasteiger partial charge in [-0.05, 0) is 18.6 Å². The zero-order valence-corrected chi connectivity index (χ0v) is 10.1. The van der Waals surface area contributed by atoms with Crippen LogP contribution in [-0.4, -0.2) is 25.7 Å². The fourth-order valence-corrected chi connectivity index (χ4v) is 1.91. The summed E-state index contributed by atoms with van der Waals surface area (Å²) in [5, 5.41) is 0. The molecule has 0 aliphatic heterocycles. The van der Waals surface area contributed by atoms with Crippen molar-refractivity contribution in [3.63, 3.8) is 0 Å². The van der Waals surface area contributed by atoms with Crippen molar-refractivity contribution in [1.29, 1.82) is 0 Å². The minimum Gasteiger partial charge on any atom is -0.339 e. The smallest absolute Gasteiger partial charge is 0.180 e. The van der Waals surface area contributed by atoms with Crippen molar-refractivity contribution in [2.24, 2.45) is 0 Å². The molecule has 0 spiro atoms. The molecule has 2 heterocycles. The third kappa shape index (κ3) is 2.95. The zero-order chi connectivity index (χ0) is 11.2. The van der Waals surface area contributed by atoms with Crippen LogP contribution in [0.1, 0.15) is 31.5 Å². The lowest BCUT2D eigenvalue weighted by Crippen LogP contribution is -1.88. The number of hydrogen-bond acceptors (Lipinski definition) is 4. The van der Waals surface area contributed by atoms with Gasteiger partial charge in [0.25, 0.3) is 0 Å². The third-order valence-electron chi connectivity index (χ3n) is 2.53. The second kappa shape index (κ2) is 5.84. The molecule has 0 fully saturated rings. The number of H-pyrrole nitrogens is 1. The van der Waals surface area contributed by atoms with Gasteiger partial charge in [0.1, 0.15) is 17.7 Å². The number of aromatic nitrogens is 4. The summed E-state index contributed by atoms with van der Waals surface area (Å²) in [6.45, 7) is 0. The summed E-state index contributed by atoms with van der Waals surface area (Å²) in [4.78, 5) is 15.7. The zero-order valence-electron chi connectivity index (χ0n) is 9.19. The summed E-state index contributed by atoms with van der Waals surface area (Å²) >= 11 is 4.19. The maximum Gasteiger partial charge on any atom is 0.180 e. The number of nitrogens with zero attached hydrogens (tertiary/aromatic N) is 3. The molecule has 1 N–H and O–H groups in total. The summed E-state index contributed by atoms with van der Waals surface area (Å²) in [7, 11) is 0. The van der Waals surface area contributed by atoms with Crippen LogP contribution in [0.2, 0.25) is 0 Å². The Morgan fingerprint density at radius 1 is 1.19 bits per heavy atom. The lowest BCUT2D eigenvalue weighted by atomic mass is 10.1. The van der Waals surface area contributed by atoms with Crippen LogP contribution in [0.15, 0.2) is 12.5 Å². The minimum atomic E-state index is 0.764. The van der Waals surface area contributed by atoms with Gasteiger partial charge in [-0.3, -0.25) is 0 Å². The second-order valence-electron chi connectivity index (χ2n) is 3.83. The molecule has 5 heteroatoms. The molecule has 0 atom stereocenters. The molecule has 0 aliphatic carbocycles. The fourth-order valence-electron chi connectivity index (χ4n) is 1.69. The predicted molar refractivity (Wildman–Crippen MR) is 67.7 cm³/mol. The van der Waals surface area contributed by atoms with Gasteiger partial charge in [-0.2, -0.15) is 12.6 Å². The molecule has 0 aliphatic rings. The van der Waals surface area contributed by atoms with Crippen LogP contribution >= 0.6 is 12.6 Å². The van der Waals surface area contributed by atoms with Gasteiger partial charge in [-0.25, -0.2) is 15.0 Å². The fraction of sp³-hybridized carbons (Fsp3) is 0.545. The maximum absolute atomic E-state index is 4.41. The first-order chi connectivity index (χ1) is 7.90. The van der Waals surface area contributed by atoms with Crippen LogP contribution in [0.4, 0.5) is 0 Å². The van der Waals surface area contributed by atoms with Gasteiger partial charge in [0, 0.05) is 6.42 Å². The van der Waals surface area contributed by atoms with E-state index in [1.165, 1.54) is 32.0 Å². The standard InChI is InChI=1S/C11H16N4S/c16-6-4-2-1-3-5-10-14-9-7-12-8-13-11(9)15-10/h7-8,16H,1-6H2,(H,12,13,14,15). The minimum absolute atomic E-state index is 0.764. The van der Waals surface area contributed by atoms with Crippen LogP contribution < -0.4 is 0 Å². The third-order valence-corrected chi connectivity index (χ3v) is 2.85.